The minimum Gasteiger partial charge on any atom is -0.496 e. The molecular formula is C22H30N4O3S. The highest BCUT2D eigenvalue weighted by atomic mass is 32.1. The zero-order chi connectivity index (χ0) is 21.5. The summed E-state index contributed by atoms with van der Waals surface area (Å²) < 4.78 is 5.29. The second-order valence-electron chi connectivity index (χ2n) is 7.56. The van der Waals surface area contributed by atoms with Crippen LogP contribution in [0.3, 0.4) is 0 Å². The van der Waals surface area contributed by atoms with E-state index in [1.54, 1.807) is 18.4 Å². The molecule has 2 atom stereocenters. The number of para-hydroxylation sites is 1. The molecule has 0 spiro atoms. The minimum atomic E-state index is -0.643. The molecule has 30 heavy (non-hydrogen) atoms. The first-order chi connectivity index (χ1) is 14.5. The van der Waals surface area contributed by atoms with Crippen molar-refractivity contribution in [2.45, 2.75) is 25.6 Å². The van der Waals surface area contributed by atoms with E-state index in [4.69, 9.17) is 4.74 Å². The van der Waals surface area contributed by atoms with Gasteiger partial charge in [0, 0.05) is 49.2 Å². The van der Waals surface area contributed by atoms with E-state index in [1.807, 2.05) is 42.6 Å². The molecule has 3 rings (SSSR count). The lowest BCUT2D eigenvalue weighted by Gasteiger charge is -2.40. The normalized spacial score (nSPS) is 17.2. The summed E-state index contributed by atoms with van der Waals surface area (Å²) in [5, 5.41) is 7.65. The summed E-state index contributed by atoms with van der Waals surface area (Å²) in [6.45, 7) is 6.04. The largest absolute Gasteiger partial charge is 0.496 e. The number of nitrogens with one attached hydrogen (secondary N) is 2. The van der Waals surface area contributed by atoms with Crippen LogP contribution in [0.2, 0.25) is 0 Å². The predicted octanol–water partition coefficient (Wildman–Crippen LogP) is 1.87. The number of thiophene rings is 1. The Labute approximate surface area is 182 Å². The summed E-state index contributed by atoms with van der Waals surface area (Å²) in [5.41, 5.74) is 0.822. The van der Waals surface area contributed by atoms with Crippen LogP contribution in [0.25, 0.3) is 0 Å². The van der Waals surface area contributed by atoms with Gasteiger partial charge < -0.3 is 20.3 Å². The molecule has 1 fully saturated rings. The van der Waals surface area contributed by atoms with Gasteiger partial charge >= 0.3 is 11.8 Å². The Morgan fingerprint density at radius 1 is 1.10 bits per heavy atom. The predicted molar refractivity (Wildman–Crippen MR) is 119 cm³/mol. The third-order valence-corrected chi connectivity index (χ3v) is 6.38. The van der Waals surface area contributed by atoms with Crippen LogP contribution in [-0.4, -0.2) is 68.0 Å². The van der Waals surface area contributed by atoms with Gasteiger partial charge in [0.15, 0.2) is 0 Å². The van der Waals surface area contributed by atoms with Gasteiger partial charge in [0.2, 0.25) is 0 Å². The van der Waals surface area contributed by atoms with Gasteiger partial charge in [-0.15, -0.1) is 11.3 Å². The smallest absolute Gasteiger partial charge is 0.309 e. The van der Waals surface area contributed by atoms with E-state index in [1.165, 1.54) is 4.88 Å². The highest BCUT2D eigenvalue weighted by Crippen LogP contribution is 2.29. The van der Waals surface area contributed by atoms with Gasteiger partial charge in [0.25, 0.3) is 0 Å². The first-order valence-electron chi connectivity index (χ1n) is 10.2. The Morgan fingerprint density at radius 3 is 2.50 bits per heavy atom. The van der Waals surface area contributed by atoms with Gasteiger partial charge in [-0.2, -0.15) is 0 Å². The molecule has 162 valence electrons. The number of piperazine rings is 1. The Hall–Kier alpha value is -2.42. The molecule has 1 aliphatic heterocycles. The van der Waals surface area contributed by atoms with Crippen molar-refractivity contribution in [3.8, 4) is 5.75 Å². The number of carbonyl (C=O) groups excluding carboxylic acids is 2. The van der Waals surface area contributed by atoms with E-state index in [0.29, 0.717) is 5.75 Å². The zero-order valence-corrected chi connectivity index (χ0v) is 18.6. The maximum absolute atomic E-state index is 12.6. The molecule has 0 saturated carbocycles. The van der Waals surface area contributed by atoms with Gasteiger partial charge in [-0.1, -0.05) is 24.3 Å². The number of hydrogen-bond acceptors (Lipinski definition) is 6. The fraction of sp³-hybridized carbons (Fsp3) is 0.455. The molecule has 2 N–H and O–H groups in total. The summed E-state index contributed by atoms with van der Waals surface area (Å²) in [5.74, 6) is -0.580. The number of likely N-dealkylation sites (N-methyl/N-ethyl adjacent to an activating group) is 1. The highest BCUT2D eigenvalue weighted by Gasteiger charge is 2.31. The van der Waals surface area contributed by atoms with Crippen LogP contribution in [0, 0.1) is 0 Å². The van der Waals surface area contributed by atoms with Crippen molar-refractivity contribution in [3.05, 3.63) is 52.2 Å². The lowest BCUT2D eigenvalue weighted by atomic mass is 10.0. The van der Waals surface area contributed by atoms with Crippen LogP contribution in [0.5, 0.6) is 5.75 Å². The average Bonchev–Trinajstić information content (AvgIpc) is 3.28. The molecule has 7 nitrogen and oxygen atoms in total. The van der Waals surface area contributed by atoms with Crippen LogP contribution in [0.1, 0.15) is 23.4 Å². The second kappa shape index (κ2) is 10.6. The Balaban J connectivity index is 1.61. The maximum atomic E-state index is 12.6. The van der Waals surface area contributed by atoms with Gasteiger partial charge in [0.1, 0.15) is 5.75 Å². The molecule has 0 unspecified atom stereocenters. The Morgan fingerprint density at radius 2 is 1.83 bits per heavy atom. The molecule has 1 aromatic heterocycles. The van der Waals surface area contributed by atoms with Gasteiger partial charge in [0.05, 0.1) is 13.2 Å². The average molecular weight is 431 g/mol. The molecule has 8 heteroatoms. The molecule has 0 aliphatic carbocycles. The first kappa shape index (κ1) is 22.3. The molecule has 0 radical (unpaired) electrons. The fourth-order valence-corrected chi connectivity index (χ4v) is 4.72. The molecule has 1 aliphatic rings. The number of hydrogen-bond donors (Lipinski definition) is 2. The third kappa shape index (κ3) is 5.59. The highest BCUT2D eigenvalue weighted by molar-refractivity contribution is 7.10. The molecule has 1 saturated heterocycles. The van der Waals surface area contributed by atoms with Crippen LogP contribution in [-0.2, 0) is 16.1 Å². The van der Waals surface area contributed by atoms with E-state index < -0.39 is 11.8 Å². The van der Waals surface area contributed by atoms with Crippen molar-refractivity contribution in [3.63, 3.8) is 0 Å². The number of methoxy groups -OCH3 is 1. The monoisotopic (exact) mass is 430 g/mol. The van der Waals surface area contributed by atoms with Crippen LogP contribution < -0.4 is 15.4 Å². The lowest BCUT2D eigenvalue weighted by Crippen LogP contribution is -2.53. The summed E-state index contributed by atoms with van der Waals surface area (Å²) in [4.78, 5) is 30.8. The van der Waals surface area contributed by atoms with Crippen molar-refractivity contribution >= 4 is 23.2 Å². The molecule has 2 heterocycles. The SMILES string of the molecule is COc1ccccc1CNC(=O)C(=O)N[C@H](C)[C@H](c1cccs1)N1CCN(C)CC1. The van der Waals surface area contributed by atoms with Crippen molar-refractivity contribution in [2.24, 2.45) is 0 Å². The van der Waals surface area contributed by atoms with Gasteiger partial charge in [-0.3, -0.25) is 14.5 Å². The molecule has 0 bridgehead atoms. The number of rotatable bonds is 7. The van der Waals surface area contributed by atoms with Crippen molar-refractivity contribution in [2.75, 3.05) is 40.3 Å². The molecule has 2 amide bonds. The quantitative estimate of drug-likeness (QED) is 0.656. The number of nitrogens with zero attached hydrogens (tertiary/aromatic N) is 2. The number of amides is 2. The van der Waals surface area contributed by atoms with Gasteiger partial charge in [-0.25, -0.2) is 0 Å². The van der Waals surface area contributed by atoms with Crippen LogP contribution in [0.4, 0.5) is 0 Å². The minimum absolute atomic E-state index is 0.0460. The summed E-state index contributed by atoms with van der Waals surface area (Å²) in [6, 6.07) is 11.4. The molecular weight excluding hydrogens is 400 g/mol. The van der Waals surface area contributed by atoms with E-state index in [2.05, 4.69) is 33.5 Å². The molecule has 2 aromatic rings. The first-order valence-corrected chi connectivity index (χ1v) is 11.0. The van der Waals surface area contributed by atoms with Crippen molar-refractivity contribution in [1.29, 1.82) is 0 Å². The number of benzene rings is 1. The standard InChI is InChI=1S/C22H30N4O3S/c1-16(20(19-9-6-14-30-19)26-12-10-25(2)11-13-26)24-22(28)21(27)23-15-17-7-4-5-8-18(17)29-3/h4-9,14,16,20H,10-13,15H2,1-3H3,(H,23,27)(H,24,28)/t16-,20-/m1/s1. The van der Waals surface area contributed by atoms with Crippen LogP contribution >= 0.6 is 11.3 Å². The molecule has 1 aromatic carbocycles. The Bertz CT molecular complexity index is 835. The zero-order valence-electron chi connectivity index (χ0n) is 17.8. The van der Waals surface area contributed by atoms with Crippen molar-refractivity contribution in [1.82, 2.24) is 20.4 Å². The third-order valence-electron chi connectivity index (χ3n) is 5.44. The summed E-state index contributed by atoms with van der Waals surface area (Å²) in [7, 11) is 3.70. The number of carbonyl (C=O) groups is 2. The summed E-state index contributed by atoms with van der Waals surface area (Å²) in [6.07, 6.45) is 0. The fourth-order valence-electron chi connectivity index (χ4n) is 3.76. The van der Waals surface area contributed by atoms with E-state index in [-0.39, 0.29) is 18.6 Å². The number of ether oxygens (including phenoxy) is 1. The topological polar surface area (TPSA) is 73.9 Å². The maximum Gasteiger partial charge on any atom is 0.309 e. The van der Waals surface area contributed by atoms with Crippen LogP contribution in [0.15, 0.2) is 41.8 Å². The van der Waals surface area contributed by atoms with E-state index >= 15 is 0 Å². The van der Waals surface area contributed by atoms with E-state index in [0.717, 1.165) is 31.7 Å². The summed E-state index contributed by atoms with van der Waals surface area (Å²) >= 11 is 1.68. The second-order valence-corrected chi connectivity index (χ2v) is 8.54. The Kier molecular flexibility index (Phi) is 7.84. The van der Waals surface area contributed by atoms with Gasteiger partial charge in [-0.05, 0) is 31.5 Å². The van der Waals surface area contributed by atoms with E-state index in [9.17, 15) is 9.59 Å². The lowest BCUT2D eigenvalue weighted by molar-refractivity contribution is -0.140. The van der Waals surface area contributed by atoms with Crippen molar-refractivity contribution < 1.29 is 14.3 Å².